The maximum atomic E-state index is 12.5. The molecule has 85 heavy (non-hydrogen) atoms. The van der Waals surface area contributed by atoms with Gasteiger partial charge in [0.25, 0.3) is 0 Å². The molecule has 0 aliphatic rings. The van der Waals surface area contributed by atoms with Crippen LogP contribution in [-0.4, -0.2) is 47.4 Å². The number of carbonyl (C=O) groups is 2. The summed E-state index contributed by atoms with van der Waals surface area (Å²) in [6, 6.07) is -0.539. The van der Waals surface area contributed by atoms with Crippen LogP contribution in [0.3, 0.4) is 0 Å². The predicted octanol–water partition coefficient (Wildman–Crippen LogP) is 25.9. The van der Waals surface area contributed by atoms with E-state index in [-0.39, 0.29) is 18.5 Å². The van der Waals surface area contributed by atoms with Crippen molar-refractivity contribution in [3.8, 4) is 0 Å². The van der Waals surface area contributed by atoms with Gasteiger partial charge in [0.15, 0.2) is 0 Å². The van der Waals surface area contributed by atoms with Crippen molar-refractivity contribution in [2.45, 2.75) is 469 Å². The lowest BCUT2D eigenvalue weighted by molar-refractivity contribution is -0.143. The summed E-state index contributed by atoms with van der Waals surface area (Å²) >= 11 is 0. The maximum absolute atomic E-state index is 12.5. The molecule has 1 amide bonds. The first-order valence-corrected chi connectivity index (χ1v) is 39.4. The third kappa shape index (κ3) is 71.6. The lowest BCUT2D eigenvalue weighted by Gasteiger charge is -2.22. The molecule has 0 saturated heterocycles. The van der Waals surface area contributed by atoms with Crippen molar-refractivity contribution in [2.75, 3.05) is 13.2 Å². The molecule has 0 fully saturated rings. The Labute approximate surface area is 533 Å². The Hall–Kier alpha value is -1.40. The Morgan fingerprint density at radius 2 is 0.553 bits per heavy atom. The second kappa shape index (κ2) is 75.1. The summed E-state index contributed by atoms with van der Waals surface area (Å²) in [4.78, 5) is 24.7. The summed E-state index contributed by atoms with van der Waals surface area (Å²) in [5.41, 5.74) is 0. The van der Waals surface area contributed by atoms with Gasteiger partial charge in [-0.25, -0.2) is 0 Å². The van der Waals surface area contributed by atoms with Crippen molar-refractivity contribution in [2.24, 2.45) is 0 Å². The van der Waals surface area contributed by atoms with E-state index in [9.17, 15) is 19.8 Å². The van der Waals surface area contributed by atoms with Gasteiger partial charge in [-0.15, -0.1) is 0 Å². The Kier molecular flexibility index (Phi) is 73.8. The molecular weight excluding hydrogens is 1040 g/mol. The fraction of sp³-hybridized carbons (Fsp3) is 0.949. The van der Waals surface area contributed by atoms with E-state index in [1.165, 1.54) is 385 Å². The van der Waals surface area contributed by atoms with E-state index in [1.807, 2.05) is 0 Å². The summed E-state index contributed by atoms with van der Waals surface area (Å²) in [7, 11) is 0. The first-order valence-electron chi connectivity index (χ1n) is 39.4. The molecule has 0 aromatic rings. The van der Waals surface area contributed by atoms with Gasteiger partial charge in [0, 0.05) is 12.8 Å². The number of aliphatic hydroxyl groups is 2. The molecule has 0 aliphatic heterocycles. The molecule has 6 heteroatoms. The minimum atomic E-state index is -0.662. The van der Waals surface area contributed by atoms with Crippen molar-refractivity contribution in [3.05, 3.63) is 12.2 Å². The largest absolute Gasteiger partial charge is 0.466 e. The molecule has 0 radical (unpaired) electrons. The van der Waals surface area contributed by atoms with Crippen molar-refractivity contribution in [1.82, 2.24) is 5.32 Å². The van der Waals surface area contributed by atoms with Crippen LogP contribution in [0.2, 0.25) is 0 Å². The summed E-state index contributed by atoms with van der Waals surface area (Å²) < 4.78 is 5.52. The van der Waals surface area contributed by atoms with Gasteiger partial charge in [-0.2, -0.15) is 0 Å². The van der Waals surface area contributed by atoms with E-state index >= 15 is 0 Å². The SMILES string of the molecule is CCCCCCCCCCCCCCCCCCCCC(=O)OCCCCCCCCCCCCCC/C=C\CCCCCCCCCCCCCCCCCCCC(=O)NC(CO)C(O)CCCCCCCCCCCCCCCCCCC. The number of hydrogen-bond donors (Lipinski definition) is 3. The van der Waals surface area contributed by atoms with Gasteiger partial charge in [0.05, 0.1) is 25.4 Å². The van der Waals surface area contributed by atoms with E-state index in [4.69, 9.17) is 4.74 Å². The molecule has 0 bridgehead atoms. The smallest absolute Gasteiger partial charge is 0.305 e. The zero-order valence-electron chi connectivity index (χ0n) is 58.1. The average Bonchev–Trinajstić information content (AvgIpc) is 3.50. The summed E-state index contributed by atoms with van der Waals surface area (Å²) in [6.07, 6.45) is 94.5. The minimum absolute atomic E-state index is 0.0244. The molecule has 6 nitrogen and oxygen atoms in total. The van der Waals surface area contributed by atoms with E-state index in [2.05, 4.69) is 31.3 Å². The van der Waals surface area contributed by atoms with E-state index < -0.39 is 12.1 Å². The molecular formula is C79H155NO5. The third-order valence-corrected chi connectivity index (χ3v) is 18.8. The molecule has 0 saturated carbocycles. The summed E-state index contributed by atoms with van der Waals surface area (Å²) in [5.74, 6) is -0.00292. The Morgan fingerprint density at radius 1 is 0.318 bits per heavy atom. The van der Waals surface area contributed by atoms with Gasteiger partial charge >= 0.3 is 5.97 Å². The van der Waals surface area contributed by atoms with Crippen molar-refractivity contribution in [1.29, 1.82) is 0 Å². The Morgan fingerprint density at radius 3 is 0.835 bits per heavy atom. The average molecular weight is 1200 g/mol. The first-order chi connectivity index (χ1) is 42.0. The molecule has 2 unspecified atom stereocenters. The van der Waals surface area contributed by atoms with Gasteiger partial charge in [-0.3, -0.25) is 9.59 Å². The number of allylic oxidation sites excluding steroid dienone is 2. The molecule has 0 aromatic heterocycles. The van der Waals surface area contributed by atoms with E-state index in [0.29, 0.717) is 25.9 Å². The van der Waals surface area contributed by atoms with Gasteiger partial charge in [-0.1, -0.05) is 405 Å². The first kappa shape index (κ1) is 83.6. The number of carbonyl (C=O) groups excluding carboxylic acids is 2. The second-order valence-corrected chi connectivity index (χ2v) is 27.4. The quantitative estimate of drug-likeness (QED) is 0.0320. The molecule has 506 valence electrons. The van der Waals surface area contributed by atoms with Crippen LogP contribution in [0.25, 0.3) is 0 Å². The number of ether oxygens (including phenoxy) is 1. The Balaban J connectivity index is 3.32. The lowest BCUT2D eigenvalue weighted by atomic mass is 10.0. The van der Waals surface area contributed by atoms with Crippen LogP contribution in [0.1, 0.15) is 457 Å². The van der Waals surface area contributed by atoms with Gasteiger partial charge < -0.3 is 20.3 Å². The zero-order chi connectivity index (χ0) is 61.3. The van der Waals surface area contributed by atoms with Crippen molar-refractivity contribution in [3.63, 3.8) is 0 Å². The molecule has 0 aliphatic carbocycles. The standard InChI is InChI=1S/C79H155NO5/c1-3-5-7-9-11-13-15-17-19-21-41-45-49-53-57-61-65-69-73-79(84)85-74-70-66-62-58-54-50-46-42-38-36-34-32-30-28-26-24-22-23-25-27-29-31-33-35-37-40-44-48-52-56-60-64-68-72-78(83)80-76(75-81)77(82)71-67-63-59-55-51-47-43-39-20-18-16-14-12-10-8-6-4-2/h26,28,76-77,81-82H,3-25,27,29-75H2,1-2H3,(H,80,83)/b28-26-. The number of rotatable bonds is 75. The lowest BCUT2D eigenvalue weighted by Crippen LogP contribution is -2.45. The summed E-state index contributed by atoms with van der Waals surface area (Å²) in [5, 5.41) is 23.4. The third-order valence-electron chi connectivity index (χ3n) is 18.8. The fourth-order valence-electron chi connectivity index (χ4n) is 12.8. The number of esters is 1. The van der Waals surface area contributed by atoms with Crippen LogP contribution in [0.15, 0.2) is 12.2 Å². The molecule has 0 heterocycles. The number of aliphatic hydroxyl groups excluding tert-OH is 2. The Bertz CT molecular complexity index is 1290. The van der Waals surface area contributed by atoms with Gasteiger partial charge in [0.2, 0.25) is 5.91 Å². The number of amides is 1. The van der Waals surface area contributed by atoms with Crippen LogP contribution >= 0.6 is 0 Å². The number of nitrogens with one attached hydrogen (secondary N) is 1. The highest BCUT2D eigenvalue weighted by Gasteiger charge is 2.20. The van der Waals surface area contributed by atoms with Crippen molar-refractivity contribution < 1.29 is 24.5 Å². The zero-order valence-corrected chi connectivity index (χ0v) is 58.1. The molecule has 3 N–H and O–H groups in total. The van der Waals surface area contributed by atoms with Crippen molar-refractivity contribution >= 4 is 11.9 Å². The van der Waals surface area contributed by atoms with Crippen LogP contribution in [-0.2, 0) is 14.3 Å². The highest BCUT2D eigenvalue weighted by atomic mass is 16.5. The summed E-state index contributed by atoms with van der Waals surface area (Å²) in [6.45, 7) is 5.01. The molecule has 0 rings (SSSR count). The van der Waals surface area contributed by atoms with E-state index in [1.54, 1.807) is 0 Å². The van der Waals surface area contributed by atoms with Crippen LogP contribution < -0.4 is 5.32 Å². The molecule has 2 atom stereocenters. The maximum Gasteiger partial charge on any atom is 0.305 e. The van der Waals surface area contributed by atoms with Gasteiger partial charge in [0.1, 0.15) is 0 Å². The second-order valence-electron chi connectivity index (χ2n) is 27.4. The van der Waals surface area contributed by atoms with Gasteiger partial charge in [-0.05, 0) is 51.4 Å². The van der Waals surface area contributed by atoms with Crippen LogP contribution in [0.4, 0.5) is 0 Å². The topological polar surface area (TPSA) is 95.9 Å². The van der Waals surface area contributed by atoms with Crippen LogP contribution in [0.5, 0.6) is 0 Å². The monoisotopic (exact) mass is 1200 g/mol. The van der Waals surface area contributed by atoms with Crippen LogP contribution in [0, 0.1) is 0 Å². The predicted molar refractivity (Wildman–Crippen MR) is 375 cm³/mol. The normalized spacial score (nSPS) is 12.5. The minimum Gasteiger partial charge on any atom is -0.466 e. The number of unbranched alkanes of at least 4 members (excludes halogenated alkanes) is 62. The highest BCUT2D eigenvalue weighted by Crippen LogP contribution is 2.20. The highest BCUT2D eigenvalue weighted by molar-refractivity contribution is 5.76. The number of hydrogen-bond acceptors (Lipinski definition) is 5. The van der Waals surface area contributed by atoms with E-state index in [0.717, 1.165) is 38.5 Å². The molecule has 0 aromatic carbocycles. The fourth-order valence-corrected chi connectivity index (χ4v) is 12.8. The molecule has 0 spiro atoms.